The van der Waals surface area contributed by atoms with E-state index < -0.39 is 10.8 Å². The number of thiophene rings is 1. The zero-order valence-electron chi connectivity index (χ0n) is 14.4. The van der Waals surface area contributed by atoms with Gasteiger partial charge in [-0.15, -0.1) is 11.3 Å². The topological polar surface area (TPSA) is 90.7 Å². The van der Waals surface area contributed by atoms with Crippen LogP contribution in [0, 0.1) is 10.1 Å². The summed E-state index contributed by atoms with van der Waals surface area (Å²) in [6.07, 6.45) is 1.53. The maximum Gasteiger partial charge on any atom is 0.296 e. The number of amides is 1. The van der Waals surface area contributed by atoms with Crippen molar-refractivity contribution in [1.29, 1.82) is 0 Å². The Morgan fingerprint density at radius 2 is 1.81 bits per heavy atom. The number of carbonyl (C=O) groups is 1. The summed E-state index contributed by atoms with van der Waals surface area (Å²) >= 11 is 4.53. The third-order valence-corrected chi connectivity index (χ3v) is 4.85. The minimum Gasteiger partial charge on any atom is -0.490 e. The molecule has 0 saturated heterocycles. The first-order valence-corrected chi connectivity index (χ1v) is 9.71. The lowest BCUT2D eigenvalue weighted by molar-refractivity contribution is -0.384. The number of benzene rings is 1. The van der Waals surface area contributed by atoms with Crippen molar-refractivity contribution >= 4 is 44.5 Å². The molecule has 0 radical (unpaired) electrons. The summed E-state index contributed by atoms with van der Waals surface area (Å²) in [5.74, 6) is 0.241. The highest BCUT2D eigenvalue weighted by molar-refractivity contribution is 9.11. The van der Waals surface area contributed by atoms with Crippen LogP contribution in [0.15, 0.2) is 28.1 Å². The summed E-state index contributed by atoms with van der Waals surface area (Å²) in [5.41, 5.74) is -0.177. The van der Waals surface area contributed by atoms with Gasteiger partial charge >= 0.3 is 0 Å². The standard InChI is InChI=1S/C17H19BrN2O5S/c1-3-7-24-13-9-11(19-17(21)15-5-6-16(18)26-15)12(20(22)23)10-14(13)25-8-4-2/h5-6,9-10H,3-4,7-8H2,1-2H3,(H,19,21). The molecule has 1 amide bonds. The number of carbonyl (C=O) groups excluding carboxylic acids is 1. The van der Waals surface area contributed by atoms with E-state index >= 15 is 0 Å². The normalized spacial score (nSPS) is 10.4. The molecular formula is C17H19BrN2O5S. The van der Waals surface area contributed by atoms with Crippen LogP contribution in [0.3, 0.4) is 0 Å². The van der Waals surface area contributed by atoms with Gasteiger partial charge in [-0.25, -0.2) is 0 Å². The zero-order chi connectivity index (χ0) is 19.1. The molecule has 1 aromatic carbocycles. The lowest BCUT2D eigenvalue weighted by Gasteiger charge is -2.14. The second-order valence-corrected chi connectivity index (χ2v) is 7.79. The molecule has 0 aliphatic rings. The van der Waals surface area contributed by atoms with Gasteiger partial charge in [0.15, 0.2) is 11.5 Å². The zero-order valence-corrected chi connectivity index (χ0v) is 16.8. The molecule has 0 bridgehead atoms. The van der Waals surface area contributed by atoms with Crippen LogP contribution < -0.4 is 14.8 Å². The summed E-state index contributed by atoms with van der Waals surface area (Å²) in [4.78, 5) is 23.7. The number of hydrogen-bond acceptors (Lipinski definition) is 6. The predicted octanol–water partition coefficient (Wildman–Crippen LogP) is 5.25. The second kappa shape index (κ2) is 9.54. The first-order valence-electron chi connectivity index (χ1n) is 8.11. The van der Waals surface area contributed by atoms with Gasteiger partial charge in [-0.05, 0) is 40.9 Å². The Labute approximate surface area is 163 Å². The number of hydrogen-bond donors (Lipinski definition) is 1. The van der Waals surface area contributed by atoms with Crippen molar-refractivity contribution < 1.29 is 19.2 Å². The van der Waals surface area contributed by atoms with Gasteiger partial charge < -0.3 is 14.8 Å². The van der Waals surface area contributed by atoms with Crippen molar-refractivity contribution in [2.45, 2.75) is 26.7 Å². The van der Waals surface area contributed by atoms with Gasteiger partial charge in [-0.2, -0.15) is 0 Å². The molecule has 9 heteroatoms. The molecule has 0 aliphatic heterocycles. The van der Waals surface area contributed by atoms with Crippen molar-refractivity contribution in [2.75, 3.05) is 18.5 Å². The third-order valence-electron chi connectivity index (χ3n) is 3.23. The average molecular weight is 443 g/mol. The van der Waals surface area contributed by atoms with E-state index in [1.807, 2.05) is 13.8 Å². The van der Waals surface area contributed by atoms with Crippen molar-refractivity contribution in [3.05, 3.63) is 43.0 Å². The smallest absolute Gasteiger partial charge is 0.296 e. The SMILES string of the molecule is CCCOc1cc(NC(=O)c2ccc(Br)s2)c([N+](=O)[O-])cc1OCCC. The number of nitro benzene ring substituents is 1. The Morgan fingerprint density at radius 1 is 1.19 bits per heavy atom. The van der Waals surface area contributed by atoms with Crippen molar-refractivity contribution in [3.8, 4) is 11.5 Å². The van der Waals surface area contributed by atoms with Gasteiger partial charge in [-0.3, -0.25) is 14.9 Å². The number of ether oxygens (including phenoxy) is 2. The van der Waals surface area contributed by atoms with Crippen molar-refractivity contribution in [3.63, 3.8) is 0 Å². The molecule has 7 nitrogen and oxygen atoms in total. The Hall–Kier alpha value is -2.13. The Kier molecular flexibility index (Phi) is 7.40. The highest BCUT2D eigenvalue weighted by Gasteiger charge is 2.22. The average Bonchev–Trinajstić information content (AvgIpc) is 3.05. The third kappa shape index (κ3) is 5.18. The van der Waals surface area contributed by atoms with E-state index in [2.05, 4.69) is 21.2 Å². The van der Waals surface area contributed by atoms with Gasteiger partial charge in [0, 0.05) is 6.07 Å². The molecule has 0 fully saturated rings. The molecule has 1 heterocycles. The van der Waals surface area contributed by atoms with E-state index in [4.69, 9.17) is 9.47 Å². The molecule has 2 aromatic rings. The fraction of sp³-hybridized carbons (Fsp3) is 0.353. The van der Waals surface area contributed by atoms with Crippen LogP contribution in [-0.2, 0) is 0 Å². The lowest BCUT2D eigenvalue weighted by Crippen LogP contribution is -2.12. The molecule has 1 N–H and O–H groups in total. The van der Waals surface area contributed by atoms with Crippen LogP contribution in [0.4, 0.5) is 11.4 Å². The first kappa shape index (κ1) is 20.2. The Balaban J connectivity index is 2.38. The highest BCUT2D eigenvalue weighted by atomic mass is 79.9. The summed E-state index contributed by atoms with van der Waals surface area (Å²) in [6.45, 7) is 4.74. The minimum atomic E-state index is -0.553. The van der Waals surface area contributed by atoms with Gasteiger partial charge in [0.05, 0.1) is 32.9 Å². The van der Waals surface area contributed by atoms with Gasteiger partial charge in [0.2, 0.25) is 0 Å². The van der Waals surface area contributed by atoms with Crippen LogP contribution in [0.25, 0.3) is 0 Å². The number of nitro groups is 1. The Bertz CT molecular complexity index is 793. The number of halogens is 1. The molecule has 2 rings (SSSR count). The Morgan fingerprint density at radius 3 is 2.31 bits per heavy atom. The summed E-state index contributed by atoms with van der Waals surface area (Å²) in [6, 6.07) is 6.12. The maximum absolute atomic E-state index is 12.4. The molecule has 0 aliphatic carbocycles. The summed E-state index contributed by atoms with van der Waals surface area (Å²) in [7, 11) is 0. The fourth-order valence-corrected chi connectivity index (χ4v) is 3.35. The van der Waals surface area contributed by atoms with Crippen LogP contribution in [0.2, 0.25) is 0 Å². The molecule has 0 saturated carbocycles. The number of nitrogens with one attached hydrogen (secondary N) is 1. The van der Waals surface area contributed by atoms with E-state index in [0.29, 0.717) is 29.6 Å². The largest absolute Gasteiger partial charge is 0.490 e. The van der Waals surface area contributed by atoms with Gasteiger partial charge in [0.1, 0.15) is 5.69 Å². The summed E-state index contributed by atoms with van der Waals surface area (Å²) in [5, 5.41) is 14.0. The van der Waals surface area contributed by atoms with Crippen LogP contribution in [-0.4, -0.2) is 24.0 Å². The highest BCUT2D eigenvalue weighted by Crippen LogP contribution is 2.38. The second-order valence-electron chi connectivity index (χ2n) is 5.33. The van der Waals surface area contributed by atoms with Crippen LogP contribution in [0.1, 0.15) is 36.4 Å². The molecule has 1 aromatic heterocycles. The molecule has 0 unspecified atom stereocenters. The lowest BCUT2D eigenvalue weighted by atomic mass is 10.2. The molecule has 0 spiro atoms. The van der Waals surface area contributed by atoms with Gasteiger partial charge in [0.25, 0.3) is 11.6 Å². The van der Waals surface area contributed by atoms with Crippen LogP contribution in [0.5, 0.6) is 11.5 Å². The van der Waals surface area contributed by atoms with E-state index in [1.165, 1.54) is 23.5 Å². The van der Waals surface area contributed by atoms with E-state index in [0.717, 1.165) is 16.6 Å². The quantitative estimate of drug-likeness (QED) is 0.422. The predicted molar refractivity (Wildman–Crippen MR) is 105 cm³/mol. The van der Waals surface area contributed by atoms with E-state index in [-0.39, 0.29) is 11.4 Å². The molecular weight excluding hydrogens is 424 g/mol. The fourth-order valence-electron chi connectivity index (χ4n) is 2.07. The molecule has 140 valence electrons. The number of nitrogens with zero attached hydrogens (tertiary/aromatic N) is 1. The van der Waals surface area contributed by atoms with Crippen LogP contribution >= 0.6 is 27.3 Å². The maximum atomic E-state index is 12.4. The first-order chi connectivity index (χ1) is 12.5. The van der Waals surface area contributed by atoms with Crippen molar-refractivity contribution in [1.82, 2.24) is 0 Å². The number of rotatable bonds is 9. The summed E-state index contributed by atoms with van der Waals surface area (Å²) < 4.78 is 12.0. The van der Waals surface area contributed by atoms with E-state index in [9.17, 15) is 14.9 Å². The van der Waals surface area contributed by atoms with Crippen molar-refractivity contribution in [2.24, 2.45) is 0 Å². The van der Waals surface area contributed by atoms with Gasteiger partial charge in [-0.1, -0.05) is 13.8 Å². The minimum absolute atomic E-state index is 0.0690. The monoisotopic (exact) mass is 442 g/mol. The molecule has 0 atom stereocenters. The number of anilines is 1. The molecule has 26 heavy (non-hydrogen) atoms. The van der Waals surface area contributed by atoms with E-state index in [1.54, 1.807) is 12.1 Å².